The number of ether oxygens (including phenoxy) is 1. The molecule has 20 heavy (non-hydrogen) atoms. The molecule has 104 valence electrons. The smallest absolute Gasteiger partial charge is 0.328 e. The van der Waals surface area contributed by atoms with Crippen LogP contribution < -0.4 is 21.3 Å². The molecule has 2 rings (SSSR count). The molecule has 0 unspecified atom stereocenters. The van der Waals surface area contributed by atoms with Crippen molar-refractivity contribution in [1.82, 2.24) is 9.55 Å². The fourth-order valence-electron chi connectivity index (χ4n) is 1.65. The summed E-state index contributed by atoms with van der Waals surface area (Å²) in [7, 11) is 1.52. The molecule has 0 saturated carbocycles. The van der Waals surface area contributed by atoms with Crippen molar-refractivity contribution in [2.75, 3.05) is 12.4 Å². The Morgan fingerprint density at radius 1 is 1.35 bits per heavy atom. The third kappa shape index (κ3) is 3.14. The summed E-state index contributed by atoms with van der Waals surface area (Å²) in [5, 5.41) is 2.59. The third-order valence-corrected chi connectivity index (χ3v) is 2.60. The average Bonchev–Trinajstić information content (AvgIpc) is 2.43. The highest BCUT2D eigenvalue weighted by atomic mass is 16.5. The highest BCUT2D eigenvalue weighted by Crippen LogP contribution is 2.16. The number of carbonyl (C=O) groups excluding carboxylic acids is 1. The number of anilines is 1. The van der Waals surface area contributed by atoms with E-state index in [1.54, 1.807) is 24.3 Å². The first-order valence-corrected chi connectivity index (χ1v) is 5.82. The zero-order valence-corrected chi connectivity index (χ0v) is 10.8. The van der Waals surface area contributed by atoms with E-state index in [4.69, 9.17) is 4.74 Å². The van der Waals surface area contributed by atoms with Gasteiger partial charge in [-0.3, -0.25) is 14.2 Å². The lowest BCUT2D eigenvalue weighted by molar-refractivity contribution is -0.116. The summed E-state index contributed by atoms with van der Waals surface area (Å²) < 4.78 is 5.85. The Morgan fingerprint density at radius 3 is 2.85 bits per heavy atom. The van der Waals surface area contributed by atoms with E-state index in [0.29, 0.717) is 11.4 Å². The van der Waals surface area contributed by atoms with Crippen molar-refractivity contribution >= 4 is 11.6 Å². The minimum absolute atomic E-state index is 0.355. The molecule has 1 heterocycles. The summed E-state index contributed by atoms with van der Waals surface area (Å²) in [6.45, 7) is -0.355. The summed E-state index contributed by atoms with van der Waals surface area (Å²) >= 11 is 0. The highest BCUT2D eigenvalue weighted by Gasteiger charge is 2.08. The van der Waals surface area contributed by atoms with Gasteiger partial charge in [-0.15, -0.1) is 0 Å². The normalized spacial score (nSPS) is 10.1. The van der Waals surface area contributed by atoms with Gasteiger partial charge in [-0.1, -0.05) is 6.07 Å². The number of carbonyl (C=O) groups is 1. The maximum Gasteiger partial charge on any atom is 0.328 e. The summed E-state index contributed by atoms with van der Waals surface area (Å²) in [6, 6.07) is 7.95. The Bertz CT molecular complexity index is 704. The van der Waals surface area contributed by atoms with Gasteiger partial charge in [0.05, 0.1) is 7.11 Å². The first-order chi connectivity index (χ1) is 9.60. The lowest BCUT2D eigenvalue weighted by Crippen LogP contribution is -2.37. The molecule has 0 aliphatic carbocycles. The lowest BCUT2D eigenvalue weighted by Gasteiger charge is -2.07. The van der Waals surface area contributed by atoms with Gasteiger partial charge in [-0.25, -0.2) is 4.79 Å². The van der Waals surface area contributed by atoms with Gasteiger partial charge in [0, 0.05) is 24.0 Å². The van der Waals surface area contributed by atoms with Gasteiger partial charge in [0.25, 0.3) is 5.56 Å². The molecule has 7 nitrogen and oxygen atoms in total. The number of aromatic amines is 1. The van der Waals surface area contributed by atoms with Crippen molar-refractivity contribution < 1.29 is 9.53 Å². The first-order valence-electron chi connectivity index (χ1n) is 5.82. The molecule has 0 aliphatic rings. The Labute approximate surface area is 113 Å². The molecule has 7 heteroatoms. The number of amides is 1. The minimum Gasteiger partial charge on any atom is -0.497 e. The summed E-state index contributed by atoms with van der Waals surface area (Å²) in [5.41, 5.74) is -0.636. The predicted molar refractivity (Wildman–Crippen MR) is 72.9 cm³/mol. The van der Waals surface area contributed by atoms with Crippen molar-refractivity contribution in [2.45, 2.75) is 6.54 Å². The highest BCUT2D eigenvalue weighted by molar-refractivity contribution is 5.90. The van der Waals surface area contributed by atoms with Crippen LogP contribution >= 0.6 is 0 Å². The van der Waals surface area contributed by atoms with Crippen LogP contribution in [-0.4, -0.2) is 22.6 Å². The number of nitrogens with one attached hydrogen (secondary N) is 2. The minimum atomic E-state index is -0.627. The van der Waals surface area contributed by atoms with Gasteiger partial charge < -0.3 is 15.0 Å². The van der Waals surface area contributed by atoms with Crippen LogP contribution in [0.2, 0.25) is 0 Å². The molecule has 0 bridgehead atoms. The molecule has 0 fully saturated rings. The summed E-state index contributed by atoms with van der Waals surface area (Å²) in [6.07, 6.45) is 1.24. The Kier molecular flexibility index (Phi) is 3.99. The van der Waals surface area contributed by atoms with Crippen LogP contribution in [0.15, 0.2) is 46.1 Å². The van der Waals surface area contributed by atoms with Gasteiger partial charge >= 0.3 is 5.69 Å². The molecular formula is C13H13N3O4. The topological polar surface area (TPSA) is 93.2 Å². The van der Waals surface area contributed by atoms with Crippen molar-refractivity contribution in [3.63, 3.8) is 0 Å². The van der Waals surface area contributed by atoms with Crippen LogP contribution in [0.1, 0.15) is 0 Å². The molecule has 2 aromatic rings. The van der Waals surface area contributed by atoms with Crippen LogP contribution in [0.3, 0.4) is 0 Å². The van der Waals surface area contributed by atoms with Gasteiger partial charge in [-0.05, 0) is 12.1 Å². The molecule has 0 aliphatic heterocycles. The van der Waals surface area contributed by atoms with Gasteiger partial charge in [0.1, 0.15) is 12.3 Å². The van der Waals surface area contributed by atoms with Crippen molar-refractivity contribution in [1.29, 1.82) is 0 Å². The molecule has 2 N–H and O–H groups in total. The van der Waals surface area contributed by atoms with E-state index in [9.17, 15) is 14.4 Å². The maximum absolute atomic E-state index is 11.8. The van der Waals surface area contributed by atoms with Gasteiger partial charge in [0.2, 0.25) is 5.91 Å². The van der Waals surface area contributed by atoms with E-state index < -0.39 is 17.2 Å². The van der Waals surface area contributed by atoms with Crippen molar-refractivity contribution in [3.05, 3.63) is 57.4 Å². The number of rotatable bonds is 4. The van der Waals surface area contributed by atoms with Crippen molar-refractivity contribution in [2.24, 2.45) is 0 Å². The molecule has 0 radical (unpaired) electrons. The van der Waals surface area contributed by atoms with E-state index >= 15 is 0 Å². The van der Waals surface area contributed by atoms with Crippen LogP contribution in [-0.2, 0) is 11.3 Å². The Balaban J connectivity index is 2.13. The fraction of sp³-hybridized carbons (Fsp3) is 0.154. The number of nitrogens with zero attached hydrogens (tertiary/aromatic N) is 1. The number of benzene rings is 1. The van der Waals surface area contributed by atoms with Crippen LogP contribution in [0.25, 0.3) is 0 Å². The lowest BCUT2D eigenvalue weighted by atomic mass is 10.3. The van der Waals surface area contributed by atoms with Crippen molar-refractivity contribution in [3.8, 4) is 5.75 Å². The third-order valence-electron chi connectivity index (χ3n) is 2.60. The number of aromatic nitrogens is 2. The second-order valence-corrected chi connectivity index (χ2v) is 3.99. The second-order valence-electron chi connectivity index (χ2n) is 3.99. The standard InChI is InChI=1S/C13H13N3O4/c1-20-10-4-2-3-9(7-10)15-11(17)8-16-12(18)5-6-14-13(16)19/h2-7H,8H2,1H3,(H,14,19)(H,15,17). The molecule has 0 spiro atoms. The largest absolute Gasteiger partial charge is 0.497 e. The zero-order chi connectivity index (χ0) is 14.5. The number of hydrogen-bond acceptors (Lipinski definition) is 4. The molecule has 1 aromatic heterocycles. The summed E-state index contributed by atoms with van der Waals surface area (Å²) in [4.78, 5) is 37.1. The average molecular weight is 275 g/mol. The van der Waals surface area contributed by atoms with E-state index in [1.807, 2.05) is 0 Å². The van der Waals surface area contributed by atoms with Crippen LogP contribution in [0, 0.1) is 0 Å². The molecule has 1 amide bonds. The number of methoxy groups -OCH3 is 1. The molecular weight excluding hydrogens is 262 g/mol. The van der Waals surface area contributed by atoms with E-state index in [2.05, 4.69) is 10.3 Å². The molecule has 1 aromatic carbocycles. The fourth-order valence-corrected chi connectivity index (χ4v) is 1.65. The van der Waals surface area contributed by atoms with Crippen LogP contribution in [0.5, 0.6) is 5.75 Å². The quantitative estimate of drug-likeness (QED) is 0.832. The van der Waals surface area contributed by atoms with Gasteiger partial charge in [-0.2, -0.15) is 0 Å². The molecule has 0 atom stereocenters. The first kappa shape index (κ1) is 13.6. The number of hydrogen-bond donors (Lipinski definition) is 2. The summed E-state index contributed by atoms with van der Waals surface area (Å²) in [5.74, 6) is 0.120. The molecule has 0 saturated heterocycles. The zero-order valence-electron chi connectivity index (χ0n) is 10.8. The second kappa shape index (κ2) is 5.87. The number of H-pyrrole nitrogens is 1. The van der Waals surface area contributed by atoms with E-state index in [-0.39, 0.29) is 6.54 Å². The van der Waals surface area contributed by atoms with Crippen LogP contribution in [0.4, 0.5) is 5.69 Å². The maximum atomic E-state index is 11.8. The predicted octanol–water partition coefficient (Wildman–Crippen LogP) is 0.184. The SMILES string of the molecule is COc1cccc(NC(=O)Cn2c(=O)cc[nH]c2=O)c1. The van der Waals surface area contributed by atoms with Gasteiger partial charge in [0.15, 0.2) is 0 Å². The monoisotopic (exact) mass is 275 g/mol. The Hall–Kier alpha value is -2.83. The van der Waals surface area contributed by atoms with E-state index in [0.717, 1.165) is 4.57 Å². The van der Waals surface area contributed by atoms with E-state index in [1.165, 1.54) is 19.4 Å². The Morgan fingerprint density at radius 2 is 2.15 bits per heavy atom.